The molecule has 4 rings (SSSR count). The van der Waals surface area contributed by atoms with Crippen LogP contribution in [0.1, 0.15) is 22.7 Å². The molecule has 8 nitrogen and oxygen atoms in total. The molecule has 3 N–H and O–H groups in total. The quantitative estimate of drug-likeness (QED) is 0.513. The lowest BCUT2D eigenvalue weighted by molar-refractivity contribution is -0.908. The molecule has 0 bridgehead atoms. The normalized spacial score (nSPS) is 19.9. The Labute approximate surface area is 166 Å². The van der Waals surface area contributed by atoms with E-state index in [0.29, 0.717) is 17.2 Å². The molecule has 3 heterocycles. The molecule has 28 heavy (non-hydrogen) atoms. The van der Waals surface area contributed by atoms with Crippen molar-refractivity contribution >= 4 is 12.2 Å². The van der Waals surface area contributed by atoms with Gasteiger partial charge in [0.15, 0.2) is 22.3 Å². The number of hydrogen-bond acceptors (Lipinski definition) is 6. The molecular formula is C19H22N3O5S+. The molecule has 2 aliphatic heterocycles. The van der Waals surface area contributed by atoms with Crippen LogP contribution in [0.25, 0.3) is 0 Å². The number of aromatic nitrogens is 2. The Morgan fingerprint density at radius 3 is 3.00 bits per heavy atom. The molecule has 2 aromatic rings. The maximum absolute atomic E-state index is 12.9. The summed E-state index contributed by atoms with van der Waals surface area (Å²) in [5.41, 5.74) is 1.65. The van der Waals surface area contributed by atoms with Crippen LogP contribution in [0.5, 0.6) is 23.1 Å². The van der Waals surface area contributed by atoms with Gasteiger partial charge in [-0.05, 0) is 23.8 Å². The van der Waals surface area contributed by atoms with E-state index in [4.69, 9.17) is 26.4 Å². The van der Waals surface area contributed by atoms with Gasteiger partial charge in [0.1, 0.15) is 5.56 Å². The highest BCUT2D eigenvalue weighted by atomic mass is 32.1. The highest BCUT2D eigenvalue weighted by molar-refractivity contribution is 7.71. The third-order valence-electron chi connectivity index (χ3n) is 5.33. The Morgan fingerprint density at radius 1 is 1.50 bits per heavy atom. The number of benzene rings is 1. The smallest absolute Gasteiger partial charge is 0.265 e. The van der Waals surface area contributed by atoms with Crippen LogP contribution in [-0.4, -0.2) is 42.2 Å². The van der Waals surface area contributed by atoms with E-state index in [0.717, 1.165) is 29.0 Å². The minimum absolute atomic E-state index is 0.123. The largest absolute Gasteiger partial charge is 0.494 e. The Morgan fingerprint density at radius 2 is 2.29 bits per heavy atom. The van der Waals surface area contributed by atoms with Crippen LogP contribution in [0.3, 0.4) is 0 Å². The Bertz CT molecular complexity index is 1070. The number of ether oxygens (including phenoxy) is 3. The molecular weight excluding hydrogens is 382 g/mol. The summed E-state index contributed by atoms with van der Waals surface area (Å²) < 4.78 is 18.4. The monoisotopic (exact) mass is 404 g/mol. The van der Waals surface area contributed by atoms with Crippen LogP contribution in [0.2, 0.25) is 0 Å². The van der Waals surface area contributed by atoms with E-state index in [-0.39, 0.29) is 29.6 Å². The van der Waals surface area contributed by atoms with Gasteiger partial charge in [-0.3, -0.25) is 14.3 Å². The van der Waals surface area contributed by atoms with Gasteiger partial charge in [-0.1, -0.05) is 6.08 Å². The lowest BCUT2D eigenvalue weighted by Crippen LogP contribution is -3.10. The SMILES string of the molecule is C=CCn1c(O)c([C@@H]2c3c(cc4c(c3OC)OCO4)CC[NH+]2C)c(=O)[nH]c1=S. The van der Waals surface area contributed by atoms with Crippen LogP contribution < -0.4 is 24.7 Å². The average Bonchev–Trinajstić information content (AvgIpc) is 3.13. The minimum Gasteiger partial charge on any atom is -0.494 e. The number of nitrogens with zero attached hydrogens (tertiary/aromatic N) is 1. The zero-order chi connectivity index (χ0) is 20.0. The molecule has 1 unspecified atom stereocenters. The van der Waals surface area contributed by atoms with E-state index < -0.39 is 11.6 Å². The lowest BCUT2D eigenvalue weighted by Gasteiger charge is -2.33. The second kappa shape index (κ2) is 6.99. The summed E-state index contributed by atoms with van der Waals surface area (Å²) >= 11 is 5.21. The molecule has 0 amide bonds. The van der Waals surface area contributed by atoms with Crippen LogP contribution in [0.15, 0.2) is 23.5 Å². The first kappa shape index (κ1) is 18.6. The van der Waals surface area contributed by atoms with Gasteiger partial charge in [0.05, 0.1) is 26.3 Å². The number of methoxy groups -OCH3 is 1. The molecule has 2 atom stereocenters. The van der Waals surface area contributed by atoms with Crippen molar-refractivity contribution in [3.63, 3.8) is 0 Å². The summed E-state index contributed by atoms with van der Waals surface area (Å²) in [4.78, 5) is 16.6. The standard InChI is InChI=1S/C19H21N3O5S/c1-4-6-22-18(24)13(17(23)20-19(22)28)14-12-10(5-7-21(14)2)8-11-15(16(12)25-3)27-9-26-11/h4,8,14,24H,1,5-7,9H2,2-3H3,(H,20,23,28)/p+1/t14-/m0/s1. The zero-order valence-electron chi connectivity index (χ0n) is 15.7. The molecule has 0 saturated heterocycles. The Kier molecular flexibility index (Phi) is 4.64. The van der Waals surface area contributed by atoms with Crippen molar-refractivity contribution < 1.29 is 24.2 Å². The summed E-state index contributed by atoms with van der Waals surface area (Å²) in [5.74, 6) is 1.53. The number of hydrogen-bond donors (Lipinski definition) is 3. The fourth-order valence-corrected chi connectivity index (χ4v) is 4.30. The van der Waals surface area contributed by atoms with Crippen molar-refractivity contribution in [1.29, 1.82) is 0 Å². The van der Waals surface area contributed by atoms with Crippen LogP contribution >= 0.6 is 12.2 Å². The molecule has 0 aliphatic carbocycles. The summed E-state index contributed by atoms with van der Waals surface area (Å²) in [7, 11) is 3.54. The van der Waals surface area contributed by atoms with Crippen LogP contribution in [0, 0.1) is 4.77 Å². The van der Waals surface area contributed by atoms with Crippen molar-refractivity contribution in [3.8, 4) is 23.1 Å². The van der Waals surface area contributed by atoms with Crippen molar-refractivity contribution in [2.75, 3.05) is 27.5 Å². The van der Waals surface area contributed by atoms with Gasteiger partial charge >= 0.3 is 0 Å². The first-order valence-electron chi connectivity index (χ1n) is 8.96. The molecule has 9 heteroatoms. The molecule has 2 aliphatic rings. The summed E-state index contributed by atoms with van der Waals surface area (Å²) in [5, 5.41) is 11.0. The van der Waals surface area contributed by atoms with Gasteiger partial charge in [0.25, 0.3) is 5.56 Å². The van der Waals surface area contributed by atoms with Gasteiger partial charge in [-0.2, -0.15) is 0 Å². The number of allylic oxidation sites excluding steroid dienone is 1. The molecule has 0 spiro atoms. The first-order chi connectivity index (χ1) is 13.5. The van der Waals surface area contributed by atoms with Crippen molar-refractivity contribution in [2.45, 2.75) is 19.0 Å². The number of rotatable bonds is 4. The Balaban J connectivity index is 2.01. The highest BCUT2D eigenvalue weighted by Gasteiger charge is 2.40. The third kappa shape index (κ3) is 2.70. The maximum atomic E-state index is 12.9. The molecule has 148 valence electrons. The third-order valence-corrected chi connectivity index (χ3v) is 5.65. The van der Waals surface area contributed by atoms with E-state index in [1.54, 1.807) is 13.2 Å². The van der Waals surface area contributed by atoms with Crippen molar-refractivity contribution in [2.24, 2.45) is 0 Å². The van der Waals surface area contributed by atoms with E-state index in [1.807, 2.05) is 13.1 Å². The Hall–Kier alpha value is -2.78. The highest BCUT2D eigenvalue weighted by Crippen LogP contribution is 2.48. The van der Waals surface area contributed by atoms with Gasteiger partial charge in [-0.15, -0.1) is 6.58 Å². The molecule has 0 saturated carbocycles. The second-order valence-corrected chi connectivity index (χ2v) is 7.28. The van der Waals surface area contributed by atoms with E-state index in [1.165, 1.54) is 4.57 Å². The predicted octanol–water partition coefficient (Wildman–Crippen LogP) is 0.695. The van der Waals surface area contributed by atoms with Gasteiger partial charge in [0, 0.05) is 13.0 Å². The number of H-pyrrole nitrogens is 1. The number of aromatic amines is 1. The predicted molar refractivity (Wildman–Crippen MR) is 104 cm³/mol. The first-order valence-corrected chi connectivity index (χ1v) is 9.37. The summed E-state index contributed by atoms with van der Waals surface area (Å²) in [6.45, 7) is 4.87. The molecule has 0 radical (unpaired) electrons. The number of nitrogens with one attached hydrogen (secondary N) is 2. The minimum atomic E-state index is -0.455. The molecule has 1 aromatic carbocycles. The fraction of sp³-hybridized carbons (Fsp3) is 0.368. The molecule has 1 aromatic heterocycles. The maximum Gasteiger partial charge on any atom is 0.265 e. The summed E-state index contributed by atoms with van der Waals surface area (Å²) in [6, 6.07) is 1.48. The van der Waals surface area contributed by atoms with E-state index in [9.17, 15) is 9.90 Å². The second-order valence-electron chi connectivity index (χ2n) is 6.89. The number of likely N-dealkylation sites (N-methyl/N-ethyl adjacent to an activating group) is 1. The van der Waals surface area contributed by atoms with Gasteiger partial charge < -0.3 is 24.2 Å². The van der Waals surface area contributed by atoms with Crippen molar-refractivity contribution in [1.82, 2.24) is 9.55 Å². The number of quaternary nitrogens is 1. The average molecular weight is 404 g/mol. The summed E-state index contributed by atoms with van der Waals surface area (Å²) in [6.07, 6.45) is 2.40. The fourth-order valence-electron chi connectivity index (χ4n) is 4.05. The lowest BCUT2D eigenvalue weighted by atomic mass is 9.87. The van der Waals surface area contributed by atoms with Gasteiger partial charge in [0.2, 0.25) is 18.4 Å². The zero-order valence-corrected chi connectivity index (χ0v) is 16.5. The van der Waals surface area contributed by atoms with E-state index >= 15 is 0 Å². The van der Waals surface area contributed by atoms with Gasteiger partial charge in [-0.25, -0.2) is 0 Å². The van der Waals surface area contributed by atoms with E-state index in [2.05, 4.69) is 11.6 Å². The van der Waals surface area contributed by atoms with Crippen LogP contribution in [0.4, 0.5) is 0 Å². The topological polar surface area (TPSA) is 90.2 Å². The van der Waals surface area contributed by atoms with Crippen molar-refractivity contribution in [3.05, 3.63) is 50.5 Å². The number of fused-ring (bicyclic) bond motifs is 2. The molecule has 0 fully saturated rings. The number of aromatic hydroxyl groups is 1. The van der Waals surface area contributed by atoms with Crippen LogP contribution in [-0.2, 0) is 13.0 Å².